The molecule has 0 spiro atoms. The second kappa shape index (κ2) is 8.86. The zero-order chi connectivity index (χ0) is 13.4. The minimum absolute atomic E-state index is 0.451. The number of hydrogen-bond acceptors (Lipinski definition) is 4. The summed E-state index contributed by atoms with van der Waals surface area (Å²) >= 11 is 0. The van der Waals surface area contributed by atoms with E-state index in [-0.39, 0.29) is 0 Å². The van der Waals surface area contributed by atoms with Crippen molar-refractivity contribution in [1.82, 2.24) is 0 Å². The second-order valence-electron chi connectivity index (χ2n) is 5.55. The van der Waals surface area contributed by atoms with Gasteiger partial charge in [0.05, 0.1) is 24.4 Å². The van der Waals surface area contributed by atoms with Crippen molar-refractivity contribution in [2.75, 3.05) is 0 Å². The Bertz CT molecular complexity index is 168. The lowest BCUT2D eigenvalue weighted by atomic mass is 10.1. The Morgan fingerprint density at radius 2 is 0.611 bits per heavy atom. The third kappa shape index (κ3) is 6.14. The fourth-order valence-corrected chi connectivity index (χ4v) is 2.54. The van der Waals surface area contributed by atoms with E-state index in [0.717, 1.165) is 64.2 Å². The summed E-state index contributed by atoms with van der Waals surface area (Å²) in [6, 6.07) is 0. The minimum Gasteiger partial charge on any atom is -0.390 e. The molecule has 0 aromatic heterocycles. The second-order valence-corrected chi connectivity index (χ2v) is 5.55. The number of hydrogen-bond donors (Lipinski definition) is 4. The molecule has 0 radical (unpaired) electrons. The van der Waals surface area contributed by atoms with Gasteiger partial charge >= 0.3 is 0 Å². The highest BCUT2D eigenvalue weighted by Crippen LogP contribution is 2.18. The van der Waals surface area contributed by atoms with Gasteiger partial charge < -0.3 is 20.4 Å². The monoisotopic (exact) mass is 260 g/mol. The first-order chi connectivity index (χ1) is 8.61. The molecule has 2 aliphatic rings. The third-order valence-corrected chi connectivity index (χ3v) is 3.89. The Balaban J connectivity index is 0.000000180. The van der Waals surface area contributed by atoms with Gasteiger partial charge in [0, 0.05) is 0 Å². The first-order valence-electron chi connectivity index (χ1n) is 7.33. The number of aliphatic hydroxyl groups is 4. The molecule has 0 bridgehead atoms. The van der Waals surface area contributed by atoms with Gasteiger partial charge in [-0.25, -0.2) is 0 Å². The fraction of sp³-hybridized carbons (Fsp3) is 1.00. The molecule has 4 N–H and O–H groups in total. The Morgan fingerprint density at radius 3 is 0.833 bits per heavy atom. The Morgan fingerprint density at radius 1 is 0.389 bits per heavy atom. The van der Waals surface area contributed by atoms with Gasteiger partial charge in [0.25, 0.3) is 0 Å². The molecule has 0 saturated heterocycles. The molecule has 2 saturated carbocycles. The SMILES string of the molecule is O[C@@H]1CCCCC[C@@H]1O.O[C@@H]1CCCCC[C@@H]1O. The van der Waals surface area contributed by atoms with Crippen LogP contribution >= 0.6 is 0 Å². The van der Waals surface area contributed by atoms with E-state index in [1.807, 2.05) is 0 Å². The van der Waals surface area contributed by atoms with Crippen molar-refractivity contribution in [2.24, 2.45) is 0 Å². The molecule has 2 fully saturated rings. The van der Waals surface area contributed by atoms with E-state index in [9.17, 15) is 0 Å². The van der Waals surface area contributed by atoms with Crippen LogP contribution in [0, 0.1) is 0 Å². The quantitative estimate of drug-likeness (QED) is 0.496. The molecule has 108 valence electrons. The fourth-order valence-electron chi connectivity index (χ4n) is 2.54. The average molecular weight is 260 g/mol. The van der Waals surface area contributed by atoms with Crippen LogP contribution in [0.3, 0.4) is 0 Å². The highest BCUT2D eigenvalue weighted by molar-refractivity contribution is 4.71. The van der Waals surface area contributed by atoms with Crippen LogP contribution in [-0.2, 0) is 0 Å². The van der Waals surface area contributed by atoms with E-state index < -0.39 is 24.4 Å². The van der Waals surface area contributed by atoms with Crippen molar-refractivity contribution in [1.29, 1.82) is 0 Å². The lowest BCUT2D eigenvalue weighted by Gasteiger charge is -2.12. The summed E-state index contributed by atoms with van der Waals surface area (Å²) in [5.74, 6) is 0. The van der Waals surface area contributed by atoms with Gasteiger partial charge in [0.1, 0.15) is 0 Å². The molecule has 0 aromatic carbocycles. The predicted molar refractivity (Wildman–Crippen MR) is 70.2 cm³/mol. The number of aliphatic hydroxyl groups excluding tert-OH is 4. The van der Waals surface area contributed by atoms with Crippen molar-refractivity contribution in [3.05, 3.63) is 0 Å². The van der Waals surface area contributed by atoms with E-state index in [1.54, 1.807) is 0 Å². The van der Waals surface area contributed by atoms with E-state index in [0.29, 0.717) is 0 Å². The van der Waals surface area contributed by atoms with E-state index in [1.165, 1.54) is 0 Å². The average Bonchev–Trinajstić information content (AvgIpc) is 2.65. The van der Waals surface area contributed by atoms with Gasteiger partial charge in [-0.05, 0) is 25.7 Å². The van der Waals surface area contributed by atoms with Gasteiger partial charge in [0.2, 0.25) is 0 Å². The van der Waals surface area contributed by atoms with Crippen LogP contribution in [0.25, 0.3) is 0 Å². The third-order valence-electron chi connectivity index (χ3n) is 3.89. The van der Waals surface area contributed by atoms with Gasteiger partial charge in [-0.2, -0.15) is 0 Å². The maximum Gasteiger partial charge on any atom is 0.0799 e. The van der Waals surface area contributed by atoms with E-state index >= 15 is 0 Å². The van der Waals surface area contributed by atoms with Crippen LogP contribution in [0.5, 0.6) is 0 Å². The summed E-state index contributed by atoms with van der Waals surface area (Å²) in [6.07, 6.45) is 7.90. The molecule has 4 nitrogen and oxygen atoms in total. The van der Waals surface area contributed by atoms with Crippen molar-refractivity contribution in [3.63, 3.8) is 0 Å². The zero-order valence-corrected chi connectivity index (χ0v) is 11.2. The molecule has 0 aliphatic heterocycles. The lowest BCUT2D eigenvalue weighted by Crippen LogP contribution is -2.23. The first kappa shape index (κ1) is 15.9. The Hall–Kier alpha value is -0.160. The van der Waals surface area contributed by atoms with Crippen molar-refractivity contribution in [3.8, 4) is 0 Å². The van der Waals surface area contributed by atoms with Gasteiger partial charge in [0.15, 0.2) is 0 Å². The van der Waals surface area contributed by atoms with Crippen LogP contribution in [0.1, 0.15) is 64.2 Å². The van der Waals surface area contributed by atoms with E-state index in [4.69, 9.17) is 20.4 Å². The molecule has 0 aromatic rings. The topological polar surface area (TPSA) is 80.9 Å². The summed E-state index contributed by atoms with van der Waals surface area (Å²) in [7, 11) is 0. The molecule has 0 unspecified atom stereocenters. The molecule has 18 heavy (non-hydrogen) atoms. The van der Waals surface area contributed by atoms with Crippen molar-refractivity contribution in [2.45, 2.75) is 88.6 Å². The van der Waals surface area contributed by atoms with Crippen molar-refractivity contribution >= 4 is 0 Å². The molecule has 2 rings (SSSR count). The van der Waals surface area contributed by atoms with Crippen LogP contribution < -0.4 is 0 Å². The number of rotatable bonds is 0. The maximum absolute atomic E-state index is 9.11. The highest BCUT2D eigenvalue weighted by Gasteiger charge is 2.18. The lowest BCUT2D eigenvalue weighted by molar-refractivity contribution is 0.0157. The normalized spacial score (nSPS) is 38.0. The van der Waals surface area contributed by atoms with E-state index in [2.05, 4.69) is 0 Å². The molecule has 0 amide bonds. The summed E-state index contributed by atoms with van der Waals surface area (Å²) < 4.78 is 0. The smallest absolute Gasteiger partial charge is 0.0799 e. The Kier molecular flexibility index (Phi) is 7.82. The highest BCUT2D eigenvalue weighted by atomic mass is 16.3. The molecule has 4 heteroatoms. The van der Waals surface area contributed by atoms with Crippen LogP contribution in [0.4, 0.5) is 0 Å². The van der Waals surface area contributed by atoms with Crippen LogP contribution in [0.2, 0.25) is 0 Å². The van der Waals surface area contributed by atoms with Crippen molar-refractivity contribution < 1.29 is 20.4 Å². The molecular formula is C14H28O4. The zero-order valence-electron chi connectivity index (χ0n) is 11.2. The molecule has 2 aliphatic carbocycles. The summed E-state index contributed by atoms with van der Waals surface area (Å²) in [6.45, 7) is 0. The predicted octanol–water partition coefficient (Wildman–Crippen LogP) is 1.34. The van der Waals surface area contributed by atoms with Gasteiger partial charge in [-0.15, -0.1) is 0 Å². The van der Waals surface area contributed by atoms with Crippen LogP contribution in [0.15, 0.2) is 0 Å². The molecule has 0 heterocycles. The standard InChI is InChI=1S/2C7H14O2/c2*8-6-4-2-1-3-5-7(6)9/h2*6-9H,1-5H2/t2*6-,7+. The van der Waals surface area contributed by atoms with Gasteiger partial charge in [-0.3, -0.25) is 0 Å². The molecular weight excluding hydrogens is 232 g/mol. The van der Waals surface area contributed by atoms with Gasteiger partial charge in [-0.1, -0.05) is 38.5 Å². The summed E-state index contributed by atoms with van der Waals surface area (Å²) in [5, 5.41) is 36.4. The maximum atomic E-state index is 9.11. The van der Waals surface area contributed by atoms with Crippen LogP contribution in [-0.4, -0.2) is 44.8 Å². The largest absolute Gasteiger partial charge is 0.390 e. The first-order valence-corrected chi connectivity index (χ1v) is 7.33. The minimum atomic E-state index is -0.451. The summed E-state index contributed by atoms with van der Waals surface area (Å²) in [4.78, 5) is 0. The Labute approximate surface area is 110 Å². The molecule has 4 atom stereocenters. The summed E-state index contributed by atoms with van der Waals surface area (Å²) in [5.41, 5.74) is 0.